The van der Waals surface area contributed by atoms with Crippen LogP contribution in [0.2, 0.25) is 0 Å². The molecule has 21 heavy (non-hydrogen) atoms. The monoisotopic (exact) mass is 305 g/mol. The van der Waals surface area contributed by atoms with Crippen molar-refractivity contribution in [2.24, 2.45) is 0 Å². The Bertz CT molecular complexity index is 610. The van der Waals surface area contributed by atoms with Gasteiger partial charge in [-0.05, 0) is 49.8 Å². The number of hydrazine groups is 1. The molecule has 0 atom stereocenters. The van der Waals surface area contributed by atoms with Gasteiger partial charge in [-0.25, -0.2) is 14.4 Å². The summed E-state index contributed by atoms with van der Waals surface area (Å²) in [5, 5.41) is 3.40. The van der Waals surface area contributed by atoms with E-state index in [0.29, 0.717) is 17.6 Å². The zero-order valence-electron chi connectivity index (χ0n) is 11.8. The third kappa shape index (κ3) is 4.96. The second-order valence-electron chi connectivity index (χ2n) is 4.53. The fraction of sp³-hybridized carbons (Fsp3) is 0.214. The van der Waals surface area contributed by atoms with E-state index in [1.807, 2.05) is 19.9 Å². The zero-order valence-corrected chi connectivity index (χ0v) is 12.6. The predicted molar refractivity (Wildman–Crippen MR) is 84.1 cm³/mol. The van der Waals surface area contributed by atoms with Crippen LogP contribution in [0.4, 0.5) is 10.3 Å². The van der Waals surface area contributed by atoms with Gasteiger partial charge in [-0.15, -0.1) is 0 Å². The molecule has 0 aliphatic heterocycles. The minimum atomic E-state index is -0.256. The van der Waals surface area contributed by atoms with Gasteiger partial charge in [0, 0.05) is 17.9 Å². The molecule has 5 nitrogen and oxygen atoms in total. The van der Waals surface area contributed by atoms with Gasteiger partial charge in [0.2, 0.25) is 5.95 Å². The minimum absolute atomic E-state index is 0.256. The van der Waals surface area contributed by atoms with E-state index in [0.717, 1.165) is 17.0 Å². The summed E-state index contributed by atoms with van der Waals surface area (Å²) in [6, 6.07) is 8.11. The number of nitrogens with one attached hydrogen (secondary N) is 3. The molecule has 2 aromatic rings. The second kappa shape index (κ2) is 6.94. The standard InChI is InChI=1S/C14H16FN5S/c1-9-7-10(2)18-13(17-9)19-20-14(21)16-8-11-3-5-12(15)6-4-11/h3-7H,8H2,1-2H3,(H2,16,20,21)(H,17,18,19). The summed E-state index contributed by atoms with van der Waals surface area (Å²) in [6.45, 7) is 4.29. The van der Waals surface area contributed by atoms with E-state index >= 15 is 0 Å². The van der Waals surface area contributed by atoms with E-state index in [9.17, 15) is 4.39 Å². The molecule has 0 unspecified atom stereocenters. The first-order chi connectivity index (χ1) is 10.0. The Hall–Kier alpha value is -2.28. The van der Waals surface area contributed by atoms with Gasteiger partial charge in [-0.1, -0.05) is 12.1 Å². The van der Waals surface area contributed by atoms with E-state index in [1.165, 1.54) is 12.1 Å². The molecule has 0 saturated heterocycles. The number of benzene rings is 1. The van der Waals surface area contributed by atoms with Crippen LogP contribution >= 0.6 is 12.2 Å². The van der Waals surface area contributed by atoms with E-state index in [2.05, 4.69) is 26.1 Å². The molecule has 2 rings (SSSR count). The Labute approximate surface area is 128 Å². The van der Waals surface area contributed by atoms with E-state index in [1.54, 1.807) is 12.1 Å². The highest BCUT2D eigenvalue weighted by molar-refractivity contribution is 7.80. The lowest BCUT2D eigenvalue weighted by Crippen LogP contribution is -2.38. The molecule has 0 saturated carbocycles. The second-order valence-corrected chi connectivity index (χ2v) is 4.94. The Balaban J connectivity index is 1.80. The Morgan fingerprint density at radius 2 is 1.76 bits per heavy atom. The summed E-state index contributed by atoms with van der Waals surface area (Å²) >= 11 is 5.13. The summed E-state index contributed by atoms with van der Waals surface area (Å²) in [5.41, 5.74) is 8.32. The molecule has 0 radical (unpaired) electrons. The summed E-state index contributed by atoms with van der Waals surface area (Å²) in [6.07, 6.45) is 0. The first-order valence-electron chi connectivity index (χ1n) is 6.39. The number of aryl methyl sites for hydroxylation is 2. The van der Waals surface area contributed by atoms with Gasteiger partial charge >= 0.3 is 0 Å². The summed E-state index contributed by atoms with van der Waals surface area (Å²) in [4.78, 5) is 8.44. The normalized spacial score (nSPS) is 10.0. The summed E-state index contributed by atoms with van der Waals surface area (Å²) in [7, 11) is 0. The van der Waals surface area contributed by atoms with E-state index in [-0.39, 0.29) is 5.82 Å². The van der Waals surface area contributed by atoms with Gasteiger partial charge < -0.3 is 5.32 Å². The average molecular weight is 305 g/mol. The zero-order chi connectivity index (χ0) is 15.2. The topological polar surface area (TPSA) is 61.9 Å². The van der Waals surface area contributed by atoms with Crippen molar-refractivity contribution in [3.63, 3.8) is 0 Å². The van der Waals surface area contributed by atoms with Crippen LogP contribution in [-0.2, 0) is 6.54 Å². The molecule has 0 aliphatic rings. The molecule has 0 fully saturated rings. The quantitative estimate of drug-likeness (QED) is 0.595. The number of hydrogen-bond donors (Lipinski definition) is 3. The molecule has 3 N–H and O–H groups in total. The molecule has 1 aromatic carbocycles. The highest BCUT2D eigenvalue weighted by Gasteiger charge is 2.00. The Morgan fingerprint density at radius 3 is 2.38 bits per heavy atom. The highest BCUT2D eigenvalue weighted by atomic mass is 32.1. The Kier molecular flexibility index (Phi) is 4.99. The van der Waals surface area contributed by atoms with Crippen LogP contribution in [0.15, 0.2) is 30.3 Å². The lowest BCUT2D eigenvalue weighted by molar-refractivity contribution is 0.626. The third-order valence-corrected chi connectivity index (χ3v) is 2.88. The maximum absolute atomic E-state index is 12.8. The molecule has 0 spiro atoms. The van der Waals surface area contributed by atoms with Crippen LogP contribution in [0.3, 0.4) is 0 Å². The van der Waals surface area contributed by atoms with Crippen molar-refractivity contribution in [3.8, 4) is 0 Å². The molecule has 0 bridgehead atoms. The fourth-order valence-corrected chi connectivity index (χ4v) is 1.85. The largest absolute Gasteiger partial charge is 0.357 e. The van der Waals surface area contributed by atoms with Crippen molar-refractivity contribution < 1.29 is 4.39 Å². The van der Waals surface area contributed by atoms with Crippen LogP contribution in [0, 0.1) is 19.7 Å². The number of anilines is 1. The van der Waals surface area contributed by atoms with Gasteiger partial charge in [0.1, 0.15) is 5.82 Å². The molecule has 1 heterocycles. The van der Waals surface area contributed by atoms with Crippen molar-refractivity contribution in [1.82, 2.24) is 20.7 Å². The lowest BCUT2D eigenvalue weighted by Gasteiger charge is -2.12. The number of nitrogens with zero attached hydrogens (tertiary/aromatic N) is 2. The minimum Gasteiger partial charge on any atom is -0.357 e. The van der Waals surface area contributed by atoms with Gasteiger partial charge in [-0.2, -0.15) is 0 Å². The average Bonchev–Trinajstić information content (AvgIpc) is 2.43. The molecular weight excluding hydrogens is 289 g/mol. The van der Waals surface area contributed by atoms with Gasteiger partial charge in [0.05, 0.1) is 0 Å². The first kappa shape index (κ1) is 15.1. The van der Waals surface area contributed by atoms with Crippen molar-refractivity contribution in [2.45, 2.75) is 20.4 Å². The molecule has 0 aliphatic carbocycles. The van der Waals surface area contributed by atoms with Crippen LogP contribution in [0.5, 0.6) is 0 Å². The Morgan fingerprint density at radius 1 is 1.14 bits per heavy atom. The maximum atomic E-state index is 12.8. The smallest absolute Gasteiger partial charge is 0.242 e. The molecule has 7 heteroatoms. The van der Waals surface area contributed by atoms with Crippen LogP contribution in [0.25, 0.3) is 0 Å². The van der Waals surface area contributed by atoms with Crippen LogP contribution < -0.4 is 16.2 Å². The predicted octanol–water partition coefficient (Wildman–Crippen LogP) is 2.22. The summed E-state index contributed by atoms with van der Waals surface area (Å²) < 4.78 is 12.8. The van der Waals surface area contributed by atoms with E-state index < -0.39 is 0 Å². The van der Waals surface area contributed by atoms with Gasteiger partial charge in [-0.3, -0.25) is 10.9 Å². The number of rotatable bonds is 4. The molecule has 0 amide bonds. The van der Waals surface area contributed by atoms with Crippen LogP contribution in [-0.4, -0.2) is 15.1 Å². The lowest BCUT2D eigenvalue weighted by atomic mass is 10.2. The highest BCUT2D eigenvalue weighted by Crippen LogP contribution is 2.03. The van der Waals surface area contributed by atoms with Crippen molar-refractivity contribution in [1.29, 1.82) is 0 Å². The first-order valence-corrected chi connectivity index (χ1v) is 6.80. The number of halogens is 1. The molecule has 1 aromatic heterocycles. The number of hydrogen-bond acceptors (Lipinski definition) is 4. The maximum Gasteiger partial charge on any atom is 0.242 e. The number of aromatic nitrogens is 2. The van der Waals surface area contributed by atoms with Gasteiger partial charge in [0.15, 0.2) is 5.11 Å². The molecular formula is C14H16FN5S. The number of thiocarbonyl (C=S) groups is 1. The van der Waals surface area contributed by atoms with E-state index in [4.69, 9.17) is 12.2 Å². The van der Waals surface area contributed by atoms with Crippen molar-refractivity contribution in [2.75, 3.05) is 5.43 Å². The van der Waals surface area contributed by atoms with Gasteiger partial charge in [0.25, 0.3) is 0 Å². The SMILES string of the molecule is Cc1cc(C)nc(NNC(=S)NCc2ccc(F)cc2)n1. The summed E-state index contributed by atoms with van der Waals surface area (Å²) in [5.74, 6) is 0.200. The third-order valence-electron chi connectivity index (χ3n) is 2.64. The van der Waals surface area contributed by atoms with Crippen LogP contribution in [0.1, 0.15) is 17.0 Å². The molecule has 110 valence electrons. The van der Waals surface area contributed by atoms with Crippen molar-refractivity contribution in [3.05, 3.63) is 53.1 Å². The fourth-order valence-electron chi connectivity index (χ4n) is 1.72. The van der Waals surface area contributed by atoms with Crippen molar-refractivity contribution >= 4 is 23.3 Å².